The minimum absolute atomic E-state index is 0.0948. The maximum Gasteiger partial charge on any atom is 0.200 e. The Kier molecular flexibility index (Phi) is 4.84. The molecular formula is C15H10Cl4O2. The van der Waals surface area contributed by atoms with Gasteiger partial charge in [0.1, 0.15) is 16.4 Å². The summed E-state index contributed by atoms with van der Waals surface area (Å²) in [5.41, 5.74) is 1.14. The molecule has 0 saturated heterocycles. The van der Waals surface area contributed by atoms with Gasteiger partial charge in [-0.1, -0.05) is 59.1 Å². The summed E-state index contributed by atoms with van der Waals surface area (Å²) in [4.78, 5) is -1.34. The van der Waals surface area contributed by atoms with E-state index in [4.69, 9.17) is 46.4 Å². The second kappa shape index (κ2) is 6.13. The van der Waals surface area contributed by atoms with Crippen LogP contribution in [0.1, 0.15) is 11.1 Å². The molecule has 0 spiro atoms. The van der Waals surface area contributed by atoms with Crippen LogP contribution in [0.15, 0.2) is 48.5 Å². The molecule has 0 aliphatic heterocycles. The van der Waals surface area contributed by atoms with Gasteiger partial charge in [0, 0.05) is 0 Å². The van der Waals surface area contributed by atoms with Crippen molar-refractivity contribution in [3.63, 3.8) is 0 Å². The van der Waals surface area contributed by atoms with Gasteiger partial charge >= 0.3 is 0 Å². The van der Waals surface area contributed by atoms with Gasteiger partial charge in [0.05, 0.1) is 6.42 Å². The highest BCUT2D eigenvalue weighted by Crippen LogP contribution is 2.47. The highest BCUT2D eigenvalue weighted by atomic mass is 35.6. The summed E-state index contributed by atoms with van der Waals surface area (Å²) in [5, 5.41) is 18.8. The van der Waals surface area contributed by atoms with E-state index in [-0.39, 0.29) is 11.5 Å². The molecule has 0 amide bonds. The number of phenols is 2. The van der Waals surface area contributed by atoms with E-state index >= 15 is 0 Å². The van der Waals surface area contributed by atoms with Crippen LogP contribution in [0.4, 0.5) is 0 Å². The number of rotatable bonds is 3. The first-order valence-electron chi connectivity index (χ1n) is 5.85. The largest absolute Gasteiger partial charge is 0.508 e. The fraction of sp³-hybridized carbons (Fsp3) is 0.133. The topological polar surface area (TPSA) is 40.5 Å². The number of halogens is 4. The zero-order valence-corrected chi connectivity index (χ0v) is 13.5. The number of phenolic OH excluding ortho intramolecular Hbond substituents is 2. The molecule has 0 heterocycles. The molecule has 21 heavy (non-hydrogen) atoms. The second-order valence-corrected chi connectivity index (χ2v) is 7.22. The fourth-order valence-electron chi connectivity index (χ4n) is 1.89. The minimum Gasteiger partial charge on any atom is -0.508 e. The zero-order valence-electron chi connectivity index (χ0n) is 10.5. The Labute approximate surface area is 142 Å². The van der Waals surface area contributed by atoms with Crippen molar-refractivity contribution >= 4 is 46.4 Å². The van der Waals surface area contributed by atoms with Crippen LogP contribution in [-0.2, 0) is 4.87 Å². The van der Waals surface area contributed by atoms with E-state index in [1.807, 2.05) is 0 Å². The monoisotopic (exact) mass is 362 g/mol. The summed E-state index contributed by atoms with van der Waals surface area (Å²) in [6.45, 7) is 0. The smallest absolute Gasteiger partial charge is 0.200 e. The molecule has 110 valence electrons. The van der Waals surface area contributed by atoms with Crippen LogP contribution in [0.2, 0.25) is 0 Å². The summed E-state index contributed by atoms with van der Waals surface area (Å²) in [6.07, 6.45) is 2.70. The first kappa shape index (κ1) is 16.6. The molecule has 0 bridgehead atoms. The van der Waals surface area contributed by atoms with Gasteiger partial charge in [0.25, 0.3) is 0 Å². The molecule has 2 rings (SSSR count). The summed E-state index contributed by atoms with van der Waals surface area (Å²) >= 11 is 24.1. The van der Waals surface area contributed by atoms with Crippen LogP contribution in [0.5, 0.6) is 11.5 Å². The predicted octanol–water partition coefficient (Wildman–Crippen LogP) is 5.03. The Morgan fingerprint density at radius 2 is 1.00 bits per heavy atom. The van der Waals surface area contributed by atoms with Crippen molar-refractivity contribution in [3.8, 4) is 11.5 Å². The van der Waals surface area contributed by atoms with Crippen molar-refractivity contribution in [1.82, 2.24) is 0 Å². The number of aromatic hydroxyl groups is 2. The van der Waals surface area contributed by atoms with Gasteiger partial charge in [-0.2, -0.15) is 0 Å². The molecule has 0 unspecified atom stereocenters. The molecule has 2 N–H and O–H groups in total. The zero-order chi connectivity index (χ0) is 15.7. The molecule has 6 heteroatoms. The van der Waals surface area contributed by atoms with Crippen molar-refractivity contribution in [3.05, 3.63) is 66.1 Å². The van der Waals surface area contributed by atoms with Crippen LogP contribution >= 0.6 is 46.4 Å². The van der Waals surface area contributed by atoms with Crippen LogP contribution in [0, 0.1) is 6.42 Å². The third-order valence-corrected chi connectivity index (χ3v) is 3.66. The Morgan fingerprint density at radius 1 is 0.667 bits per heavy atom. The van der Waals surface area contributed by atoms with E-state index in [0.29, 0.717) is 11.1 Å². The molecule has 0 aliphatic carbocycles. The molecule has 0 atom stereocenters. The van der Waals surface area contributed by atoms with Crippen LogP contribution in [-0.4, -0.2) is 14.0 Å². The van der Waals surface area contributed by atoms with Gasteiger partial charge in [0.2, 0.25) is 0 Å². The summed E-state index contributed by atoms with van der Waals surface area (Å²) in [5.74, 6) is 0.190. The third-order valence-electron chi connectivity index (χ3n) is 2.84. The maximum atomic E-state index is 9.39. The van der Waals surface area contributed by atoms with Crippen molar-refractivity contribution in [2.75, 3.05) is 0 Å². The Morgan fingerprint density at radius 3 is 1.29 bits per heavy atom. The predicted molar refractivity (Wildman–Crippen MR) is 86.4 cm³/mol. The average molecular weight is 364 g/mol. The summed E-state index contributed by atoms with van der Waals surface area (Å²) < 4.78 is -1.81. The molecule has 2 nitrogen and oxygen atoms in total. The van der Waals surface area contributed by atoms with Crippen LogP contribution < -0.4 is 0 Å². The van der Waals surface area contributed by atoms with E-state index in [1.165, 1.54) is 24.3 Å². The Hall–Kier alpha value is -0.800. The molecular weight excluding hydrogens is 354 g/mol. The third kappa shape index (κ3) is 4.10. The van der Waals surface area contributed by atoms with Gasteiger partial charge in [-0.05, 0) is 35.4 Å². The van der Waals surface area contributed by atoms with E-state index in [9.17, 15) is 10.2 Å². The van der Waals surface area contributed by atoms with Gasteiger partial charge in [-0.15, -0.1) is 11.6 Å². The van der Waals surface area contributed by atoms with Gasteiger partial charge in [0.15, 0.2) is 3.79 Å². The van der Waals surface area contributed by atoms with E-state index < -0.39 is 8.67 Å². The lowest BCUT2D eigenvalue weighted by atomic mass is 9.88. The SMILES string of the molecule is Oc1ccc(C(Cl)([C]C(Cl)(Cl)Cl)c2ccc(O)cc2)cc1. The normalized spacial score (nSPS) is 12.4. The quantitative estimate of drug-likeness (QED) is 0.750. The lowest BCUT2D eigenvalue weighted by Gasteiger charge is -2.30. The molecule has 0 saturated carbocycles. The average Bonchev–Trinajstić information content (AvgIpc) is 2.38. The molecule has 0 fully saturated rings. The van der Waals surface area contributed by atoms with Gasteiger partial charge in [-0.3, -0.25) is 0 Å². The molecule has 0 aromatic heterocycles. The number of alkyl halides is 4. The Balaban J connectivity index is 2.53. The maximum absolute atomic E-state index is 9.39. The van der Waals surface area contributed by atoms with Gasteiger partial charge < -0.3 is 10.2 Å². The number of hydrogen-bond acceptors (Lipinski definition) is 2. The van der Waals surface area contributed by atoms with Crippen LogP contribution in [0.25, 0.3) is 0 Å². The summed E-state index contributed by atoms with van der Waals surface area (Å²) in [6, 6.07) is 12.4. The molecule has 2 aromatic carbocycles. The molecule has 0 aliphatic rings. The standard InChI is InChI=1S/C15H10Cl4O2/c16-14(9-15(17,18)19,10-1-5-12(20)6-2-10)11-3-7-13(21)8-4-11/h1-8,20-21H. The number of benzene rings is 2. The minimum atomic E-state index is -1.81. The molecule has 2 radical (unpaired) electrons. The first-order chi connectivity index (χ1) is 9.71. The fourth-order valence-corrected chi connectivity index (χ4v) is 2.85. The van der Waals surface area contributed by atoms with Crippen molar-refractivity contribution in [2.45, 2.75) is 8.67 Å². The van der Waals surface area contributed by atoms with Crippen molar-refractivity contribution in [1.29, 1.82) is 0 Å². The van der Waals surface area contributed by atoms with Crippen molar-refractivity contribution in [2.24, 2.45) is 0 Å². The van der Waals surface area contributed by atoms with E-state index in [2.05, 4.69) is 6.42 Å². The lowest BCUT2D eigenvalue weighted by molar-refractivity contribution is 0.475. The molecule has 2 aromatic rings. The lowest BCUT2D eigenvalue weighted by Crippen LogP contribution is -2.27. The Bertz CT molecular complexity index is 558. The first-order valence-corrected chi connectivity index (χ1v) is 7.36. The highest BCUT2D eigenvalue weighted by Gasteiger charge is 2.41. The van der Waals surface area contributed by atoms with E-state index in [0.717, 1.165) is 0 Å². The van der Waals surface area contributed by atoms with Crippen LogP contribution in [0.3, 0.4) is 0 Å². The van der Waals surface area contributed by atoms with Gasteiger partial charge in [-0.25, -0.2) is 0 Å². The number of hydrogen-bond donors (Lipinski definition) is 2. The highest BCUT2D eigenvalue weighted by molar-refractivity contribution is 6.69. The van der Waals surface area contributed by atoms with Crippen molar-refractivity contribution < 1.29 is 10.2 Å². The van der Waals surface area contributed by atoms with E-state index in [1.54, 1.807) is 24.3 Å². The second-order valence-electron chi connectivity index (χ2n) is 4.37. The summed E-state index contributed by atoms with van der Waals surface area (Å²) in [7, 11) is 0.